The number of alkyl halides is 6. The van der Waals surface area contributed by atoms with Gasteiger partial charge in [0.15, 0.2) is 6.61 Å². The second-order valence-corrected chi connectivity index (χ2v) is 7.74. The maximum atomic E-state index is 13.0. The third kappa shape index (κ3) is 10.6. The summed E-state index contributed by atoms with van der Waals surface area (Å²) in [4.78, 5) is 34.7. The number of carboxylic acids is 1. The number of hydrogen-bond donors (Lipinski definition) is 4. The summed E-state index contributed by atoms with van der Waals surface area (Å²) in [5, 5.41) is 14.2. The molecule has 1 aromatic heterocycles. The number of amides is 1. The van der Waals surface area contributed by atoms with Crippen molar-refractivity contribution in [3.05, 3.63) is 29.8 Å². The third-order valence-corrected chi connectivity index (χ3v) is 4.69. The Labute approximate surface area is 212 Å². The van der Waals surface area contributed by atoms with Crippen LogP contribution >= 0.6 is 0 Å². The predicted octanol–water partition coefficient (Wildman–Crippen LogP) is 3.19. The van der Waals surface area contributed by atoms with Crippen molar-refractivity contribution in [3.63, 3.8) is 0 Å². The van der Waals surface area contributed by atoms with Gasteiger partial charge in [0.05, 0.1) is 5.56 Å². The van der Waals surface area contributed by atoms with E-state index in [4.69, 9.17) is 10.8 Å². The highest BCUT2D eigenvalue weighted by molar-refractivity contribution is 5.88. The number of benzene rings is 1. The molecule has 2 aromatic rings. The van der Waals surface area contributed by atoms with Gasteiger partial charge >= 0.3 is 30.2 Å². The van der Waals surface area contributed by atoms with Crippen LogP contribution in [0.3, 0.4) is 0 Å². The highest BCUT2D eigenvalue weighted by Gasteiger charge is 2.42. The van der Waals surface area contributed by atoms with Crippen LogP contribution in [-0.2, 0) is 4.79 Å². The van der Waals surface area contributed by atoms with Crippen molar-refractivity contribution in [2.24, 2.45) is 5.73 Å². The Bertz CT molecular complexity index is 1070. The number of nitrogens with one attached hydrogen (secondary N) is 2. The minimum atomic E-state index is -5.09. The Kier molecular flexibility index (Phi) is 10.9. The van der Waals surface area contributed by atoms with E-state index in [0.29, 0.717) is 24.3 Å². The lowest BCUT2D eigenvalue weighted by Crippen LogP contribution is -2.43. The molecule has 5 N–H and O–H groups in total. The van der Waals surface area contributed by atoms with Crippen LogP contribution in [0.1, 0.15) is 29.6 Å². The SMILES string of the molecule is NCCCCCN(CCNc1nc(Nc2ccc(C(=O)O)cc2)nc(OCC(F)(F)F)n1)C(=O)C(F)(F)F. The van der Waals surface area contributed by atoms with E-state index in [-0.39, 0.29) is 42.7 Å². The highest BCUT2D eigenvalue weighted by atomic mass is 19.4. The summed E-state index contributed by atoms with van der Waals surface area (Å²) in [5.74, 6) is -3.86. The maximum absolute atomic E-state index is 13.0. The van der Waals surface area contributed by atoms with Gasteiger partial charge in [0.1, 0.15) is 0 Å². The number of anilines is 3. The summed E-state index contributed by atoms with van der Waals surface area (Å²) in [6.45, 7) is -2.25. The van der Waals surface area contributed by atoms with Gasteiger partial charge in [-0.05, 0) is 43.7 Å². The zero-order valence-corrected chi connectivity index (χ0v) is 19.8. The lowest BCUT2D eigenvalue weighted by molar-refractivity contribution is -0.185. The van der Waals surface area contributed by atoms with Gasteiger partial charge in [0.2, 0.25) is 11.9 Å². The molecular weight excluding hydrogens is 528 g/mol. The van der Waals surface area contributed by atoms with E-state index >= 15 is 0 Å². The van der Waals surface area contributed by atoms with E-state index in [1.807, 2.05) is 0 Å². The molecule has 0 aliphatic heterocycles. The summed E-state index contributed by atoms with van der Waals surface area (Å²) in [6.07, 6.45) is -8.42. The summed E-state index contributed by atoms with van der Waals surface area (Å²) in [5.41, 5.74) is 5.61. The fourth-order valence-electron chi connectivity index (χ4n) is 2.95. The van der Waals surface area contributed by atoms with E-state index in [9.17, 15) is 35.9 Å². The van der Waals surface area contributed by atoms with Crippen molar-refractivity contribution in [2.75, 3.05) is 43.4 Å². The molecule has 38 heavy (non-hydrogen) atoms. The van der Waals surface area contributed by atoms with Crippen molar-refractivity contribution in [1.82, 2.24) is 19.9 Å². The fourth-order valence-corrected chi connectivity index (χ4v) is 2.95. The zero-order chi connectivity index (χ0) is 28.3. The Balaban J connectivity index is 2.16. The Hall–Kier alpha value is -3.89. The molecular formula is C21H25F6N7O4. The number of aromatic carboxylic acids is 1. The molecule has 0 spiro atoms. The molecule has 1 heterocycles. The number of carboxylic acid groups (broad SMARTS) is 1. The van der Waals surface area contributed by atoms with Crippen molar-refractivity contribution in [2.45, 2.75) is 31.6 Å². The first-order chi connectivity index (χ1) is 17.8. The number of ether oxygens (including phenoxy) is 1. The van der Waals surface area contributed by atoms with Gasteiger partial charge in [0.25, 0.3) is 0 Å². The minimum absolute atomic E-state index is 0.0243. The number of carbonyl (C=O) groups is 2. The molecule has 0 saturated carbocycles. The van der Waals surface area contributed by atoms with Gasteiger partial charge in [-0.15, -0.1) is 0 Å². The average Bonchev–Trinajstić information content (AvgIpc) is 2.83. The van der Waals surface area contributed by atoms with E-state index in [1.54, 1.807) is 0 Å². The van der Waals surface area contributed by atoms with E-state index in [0.717, 1.165) is 0 Å². The molecule has 0 aliphatic rings. The molecule has 0 saturated heterocycles. The number of halogens is 6. The van der Waals surface area contributed by atoms with Crippen LogP contribution in [-0.4, -0.2) is 82.0 Å². The van der Waals surface area contributed by atoms with Gasteiger partial charge in [-0.1, -0.05) is 6.42 Å². The Morgan fingerprint density at radius 3 is 2.18 bits per heavy atom. The van der Waals surface area contributed by atoms with Crippen LogP contribution in [0.15, 0.2) is 24.3 Å². The fraction of sp³-hybridized carbons (Fsp3) is 0.476. The van der Waals surface area contributed by atoms with Gasteiger partial charge in [-0.2, -0.15) is 41.3 Å². The third-order valence-electron chi connectivity index (χ3n) is 4.69. The second kappa shape index (κ2) is 13.6. The molecule has 11 nitrogen and oxygen atoms in total. The normalized spacial score (nSPS) is 11.7. The molecule has 0 aliphatic carbocycles. The summed E-state index contributed by atoms with van der Waals surface area (Å²) < 4.78 is 81.3. The lowest BCUT2D eigenvalue weighted by Gasteiger charge is -2.24. The van der Waals surface area contributed by atoms with E-state index < -0.39 is 43.4 Å². The number of carbonyl (C=O) groups excluding carboxylic acids is 1. The molecule has 0 fully saturated rings. The predicted molar refractivity (Wildman–Crippen MR) is 122 cm³/mol. The number of nitrogens with two attached hydrogens (primary N) is 1. The van der Waals surface area contributed by atoms with Gasteiger partial charge in [-0.3, -0.25) is 4.79 Å². The Morgan fingerprint density at radius 2 is 1.61 bits per heavy atom. The standard InChI is InChI=1S/C21H25F6N7O4/c22-20(23,24)12-38-19-32-17(31-18(33-19)30-14-6-4-13(5-7-14)15(35)36)29-9-11-34(10-3-1-2-8-28)16(37)21(25,26)27/h4-7H,1-3,8-12,28H2,(H,35,36)(H2,29,30,31,32,33). The van der Waals surface area contributed by atoms with Gasteiger partial charge in [0, 0.05) is 25.3 Å². The number of unbranched alkanes of at least 4 members (excludes halogenated alkanes) is 2. The second-order valence-electron chi connectivity index (χ2n) is 7.74. The van der Waals surface area contributed by atoms with Crippen molar-refractivity contribution in [1.29, 1.82) is 0 Å². The lowest BCUT2D eigenvalue weighted by atomic mass is 10.2. The number of rotatable bonds is 14. The van der Waals surface area contributed by atoms with Crippen LogP contribution in [0.4, 0.5) is 43.9 Å². The molecule has 1 amide bonds. The van der Waals surface area contributed by atoms with Crippen LogP contribution in [0, 0.1) is 0 Å². The molecule has 0 unspecified atom stereocenters. The van der Waals surface area contributed by atoms with Crippen LogP contribution < -0.4 is 21.1 Å². The van der Waals surface area contributed by atoms with Crippen molar-refractivity contribution < 1.29 is 45.8 Å². The van der Waals surface area contributed by atoms with Crippen LogP contribution in [0.2, 0.25) is 0 Å². The van der Waals surface area contributed by atoms with Crippen molar-refractivity contribution >= 4 is 29.5 Å². The Morgan fingerprint density at radius 1 is 0.947 bits per heavy atom. The molecule has 0 radical (unpaired) electrons. The first kappa shape index (κ1) is 30.3. The summed E-state index contributed by atoms with van der Waals surface area (Å²) >= 11 is 0. The van der Waals surface area contributed by atoms with Gasteiger partial charge < -0.3 is 31.1 Å². The topological polar surface area (TPSA) is 156 Å². The molecule has 0 atom stereocenters. The number of aromatic nitrogens is 3. The quantitative estimate of drug-likeness (QED) is 0.202. The first-order valence-corrected chi connectivity index (χ1v) is 11.1. The molecule has 210 valence electrons. The molecule has 17 heteroatoms. The molecule has 0 bridgehead atoms. The maximum Gasteiger partial charge on any atom is 0.471 e. The van der Waals surface area contributed by atoms with Crippen LogP contribution in [0.25, 0.3) is 0 Å². The zero-order valence-electron chi connectivity index (χ0n) is 19.8. The van der Waals surface area contributed by atoms with Crippen LogP contribution in [0.5, 0.6) is 6.01 Å². The summed E-state index contributed by atoms with van der Waals surface area (Å²) in [7, 11) is 0. The van der Waals surface area contributed by atoms with E-state index in [2.05, 4.69) is 30.3 Å². The summed E-state index contributed by atoms with van der Waals surface area (Å²) in [6, 6.07) is 4.47. The molecule has 1 aromatic carbocycles. The monoisotopic (exact) mass is 553 g/mol. The highest BCUT2D eigenvalue weighted by Crippen LogP contribution is 2.21. The van der Waals surface area contributed by atoms with Crippen molar-refractivity contribution in [3.8, 4) is 6.01 Å². The molecule has 2 rings (SSSR count). The smallest absolute Gasteiger partial charge is 0.471 e. The largest absolute Gasteiger partial charge is 0.478 e. The number of nitrogens with zero attached hydrogens (tertiary/aromatic N) is 4. The van der Waals surface area contributed by atoms with E-state index in [1.165, 1.54) is 24.3 Å². The minimum Gasteiger partial charge on any atom is -0.478 e. The van der Waals surface area contributed by atoms with Gasteiger partial charge in [-0.25, -0.2) is 4.79 Å². The first-order valence-electron chi connectivity index (χ1n) is 11.1. The number of hydrogen-bond acceptors (Lipinski definition) is 9. The average molecular weight is 553 g/mol.